The second-order valence-corrected chi connectivity index (χ2v) is 5.40. The van der Waals surface area contributed by atoms with Crippen LogP contribution in [0.4, 0.5) is 0 Å². The molecule has 1 aliphatic heterocycles. The molecule has 2 N–H and O–H groups in total. The zero-order valence-electron chi connectivity index (χ0n) is 9.76. The first-order valence-electron chi connectivity index (χ1n) is 5.29. The van der Waals surface area contributed by atoms with E-state index in [0.717, 1.165) is 27.1 Å². The number of rotatable bonds is 1. The van der Waals surface area contributed by atoms with Gasteiger partial charge >= 0.3 is 0 Å². The molecule has 0 aliphatic carbocycles. The fourth-order valence-corrected chi connectivity index (χ4v) is 2.60. The summed E-state index contributed by atoms with van der Waals surface area (Å²) in [4.78, 5) is 0. The van der Waals surface area contributed by atoms with E-state index in [1.54, 1.807) is 0 Å². The van der Waals surface area contributed by atoms with Crippen molar-refractivity contribution in [3.8, 4) is 11.5 Å². The highest BCUT2D eigenvalue weighted by Gasteiger charge is 2.25. The van der Waals surface area contributed by atoms with Crippen molar-refractivity contribution >= 4 is 15.9 Å². The third-order valence-electron chi connectivity index (χ3n) is 2.69. The number of benzene rings is 1. The number of halogens is 1. The standard InChI is InChI=1S/C12H16BrNO2/c1-7-10(13)8(12(2,3)14)6-9-11(7)16-5-4-15-9/h6H,4-5,14H2,1-3H3. The third kappa shape index (κ3) is 1.92. The largest absolute Gasteiger partial charge is 0.486 e. The van der Waals surface area contributed by atoms with Crippen molar-refractivity contribution in [1.29, 1.82) is 0 Å². The minimum absolute atomic E-state index is 0.403. The van der Waals surface area contributed by atoms with Crippen LogP contribution in [0.15, 0.2) is 10.5 Å². The molecule has 1 aromatic rings. The molecule has 0 spiro atoms. The molecule has 16 heavy (non-hydrogen) atoms. The van der Waals surface area contributed by atoms with Gasteiger partial charge in [-0.2, -0.15) is 0 Å². The number of ether oxygens (including phenoxy) is 2. The first-order chi connectivity index (χ1) is 7.41. The summed E-state index contributed by atoms with van der Waals surface area (Å²) in [6.45, 7) is 7.15. The lowest BCUT2D eigenvalue weighted by molar-refractivity contribution is 0.170. The molecular formula is C12H16BrNO2. The van der Waals surface area contributed by atoms with Gasteiger partial charge in [0.15, 0.2) is 11.5 Å². The summed E-state index contributed by atoms with van der Waals surface area (Å²) in [6, 6.07) is 1.96. The molecule has 0 radical (unpaired) electrons. The monoisotopic (exact) mass is 285 g/mol. The smallest absolute Gasteiger partial charge is 0.165 e. The van der Waals surface area contributed by atoms with E-state index in [-0.39, 0.29) is 0 Å². The van der Waals surface area contributed by atoms with Crippen LogP contribution in [-0.2, 0) is 5.54 Å². The van der Waals surface area contributed by atoms with Crippen LogP contribution in [0.2, 0.25) is 0 Å². The maximum Gasteiger partial charge on any atom is 0.165 e. The lowest BCUT2D eigenvalue weighted by Gasteiger charge is -2.27. The second kappa shape index (κ2) is 3.93. The molecule has 0 unspecified atom stereocenters. The second-order valence-electron chi connectivity index (χ2n) is 4.61. The van der Waals surface area contributed by atoms with Crippen LogP contribution in [0.1, 0.15) is 25.0 Å². The number of nitrogens with two attached hydrogens (primary N) is 1. The van der Waals surface area contributed by atoms with E-state index in [9.17, 15) is 0 Å². The van der Waals surface area contributed by atoms with Crippen molar-refractivity contribution < 1.29 is 9.47 Å². The van der Waals surface area contributed by atoms with E-state index < -0.39 is 5.54 Å². The summed E-state index contributed by atoms with van der Waals surface area (Å²) < 4.78 is 12.2. The van der Waals surface area contributed by atoms with Gasteiger partial charge in [0.2, 0.25) is 0 Å². The molecule has 88 valence electrons. The highest BCUT2D eigenvalue weighted by Crippen LogP contribution is 2.42. The molecule has 2 rings (SSSR count). The molecule has 0 saturated carbocycles. The SMILES string of the molecule is Cc1c(Br)c(C(C)(C)N)cc2c1OCCO2. The third-order valence-corrected chi connectivity index (χ3v) is 3.71. The normalized spacial score (nSPS) is 15.1. The zero-order chi connectivity index (χ0) is 11.9. The molecular weight excluding hydrogens is 270 g/mol. The van der Waals surface area contributed by atoms with Crippen LogP contribution in [0.25, 0.3) is 0 Å². The lowest BCUT2D eigenvalue weighted by atomic mass is 9.93. The highest BCUT2D eigenvalue weighted by atomic mass is 79.9. The van der Waals surface area contributed by atoms with E-state index in [4.69, 9.17) is 15.2 Å². The van der Waals surface area contributed by atoms with Crippen molar-refractivity contribution in [3.05, 3.63) is 21.7 Å². The van der Waals surface area contributed by atoms with Gasteiger partial charge in [-0.3, -0.25) is 0 Å². The van der Waals surface area contributed by atoms with Crippen molar-refractivity contribution in [2.24, 2.45) is 5.73 Å². The van der Waals surface area contributed by atoms with Gasteiger partial charge in [0.1, 0.15) is 13.2 Å². The molecule has 0 atom stereocenters. The van der Waals surface area contributed by atoms with Gasteiger partial charge in [-0.25, -0.2) is 0 Å². The van der Waals surface area contributed by atoms with Gasteiger partial charge < -0.3 is 15.2 Å². The van der Waals surface area contributed by atoms with Crippen LogP contribution in [-0.4, -0.2) is 13.2 Å². The summed E-state index contributed by atoms with van der Waals surface area (Å²) in [5, 5.41) is 0. The van der Waals surface area contributed by atoms with Crippen molar-refractivity contribution in [3.63, 3.8) is 0 Å². The van der Waals surface area contributed by atoms with Crippen molar-refractivity contribution in [2.45, 2.75) is 26.3 Å². The van der Waals surface area contributed by atoms with E-state index in [1.807, 2.05) is 26.8 Å². The Morgan fingerprint density at radius 2 is 1.94 bits per heavy atom. The topological polar surface area (TPSA) is 44.5 Å². The van der Waals surface area contributed by atoms with Gasteiger partial charge in [0, 0.05) is 15.6 Å². The van der Waals surface area contributed by atoms with Gasteiger partial charge in [0.25, 0.3) is 0 Å². The molecule has 0 fully saturated rings. The Bertz CT molecular complexity index is 424. The maximum atomic E-state index is 6.13. The molecule has 0 saturated heterocycles. The first kappa shape index (κ1) is 11.7. The Kier molecular flexibility index (Phi) is 2.88. The van der Waals surface area contributed by atoms with E-state index in [1.165, 1.54) is 0 Å². The summed E-state index contributed by atoms with van der Waals surface area (Å²) >= 11 is 3.58. The van der Waals surface area contributed by atoms with Gasteiger partial charge in [-0.05, 0) is 32.4 Å². The molecule has 4 heteroatoms. The molecule has 1 heterocycles. The lowest BCUT2D eigenvalue weighted by Crippen LogP contribution is -2.30. The van der Waals surface area contributed by atoms with Crippen molar-refractivity contribution in [2.75, 3.05) is 13.2 Å². The molecule has 0 bridgehead atoms. The van der Waals surface area contributed by atoms with Crippen LogP contribution >= 0.6 is 15.9 Å². The van der Waals surface area contributed by atoms with Crippen molar-refractivity contribution in [1.82, 2.24) is 0 Å². The minimum Gasteiger partial charge on any atom is -0.486 e. The van der Waals surface area contributed by atoms with Gasteiger partial charge in [-0.1, -0.05) is 15.9 Å². The Labute approximate surface area is 104 Å². The first-order valence-corrected chi connectivity index (χ1v) is 6.08. The predicted octanol–water partition coefficient (Wildman–Crippen LogP) is 2.72. The highest BCUT2D eigenvalue weighted by molar-refractivity contribution is 9.10. The van der Waals surface area contributed by atoms with Crippen LogP contribution < -0.4 is 15.2 Å². The quantitative estimate of drug-likeness (QED) is 0.863. The Balaban J connectivity index is 2.62. The molecule has 1 aliphatic rings. The predicted molar refractivity (Wildman–Crippen MR) is 67.1 cm³/mol. The van der Waals surface area contributed by atoms with Gasteiger partial charge in [-0.15, -0.1) is 0 Å². The van der Waals surface area contributed by atoms with E-state index >= 15 is 0 Å². The molecule has 0 amide bonds. The molecule has 3 nitrogen and oxygen atoms in total. The zero-order valence-corrected chi connectivity index (χ0v) is 11.3. The molecule has 0 aromatic heterocycles. The average Bonchev–Trinajstić information content (AvgIpc) is 2.22. The minimum atomic E-state index is -0.403. The fourth-order valence-electron chi connectivity index (χ4n) is 1.80. The number of hydrogen-bond acceptors (Lipinski definition) is 3. The Hall–Kier alpha value is -0.740. The van der Waals surface area contributed by atoms with Gasteiger partial charge in [0.05, 0.1) is 0 Å². The fraction of sp³-hybridized carbons (Fsp3) is 0.500. The summed E-state index contributed by atoms with van der Waals surface area (Å²) in [5.74, 6) is 1.62. The van der Waals surface area contributed by atoms with E-state index in [2.05, 4.69) is 15.9 Å². The number of hydrogen-bond donors (Lipinski definition) is 1. The van der Waals surface area contributed by atoms with Crippen LogP contribution in [0.5, 0.6) is 11.5 Å². The summed E-state index contributed by atoms with van der Waals surface area (Å²) in [7, 11) is 0. The van der Waals surface area contributed by atoms with E-state index in [0.29, 0.717) is 13.2 Å². The molecule has 1 aromatic carbocycles. The van der Waals surface area contributed by atoms with Crippen LogP contribution in [0, 0.1) is 6.92 Å². The average molecular weight is 286 g/mol. The Morgan fingerprint density at radius 1 is 1.31 bits per heavy atom. The maximum absolute atomic E-state index is 6.13. The number of fused-ring (bicyclic) bond motifs is 1. The summed E-state index contributed by atoms with van der Waals surface area (Å²) in [6.07, 6.45) is 0. The summed E-state index contributed by atoms with van der Waals surface area (Å²) in [5.41, 5.74) is 7.81. The van der Waals surface area contributed by atoms with Crippen LogP contribution in [0.3, 0.4) is 0 Å². The Morgan fingerprint density at radius 3 is 2.56 bits per heavy atom.